The molecule has 0 radical (unpaired) electrons. The molecule has 2 aliphatic heterocycles. The molecule has 0 spiro atoms. The summed E-state index contributed by atoms with van der Waals surface area (Å²) in [6, 6.07) is 5.76. The highest BCUT2D eigenvalue weighted by Crippen LogP contribution is 2.33. The Labute approximate surface area is 181 Å². The topological polar surface area (TPSA) is 93.5 Å². The van der Waals surface area contributed by atoms with E-state index < -0.39 is 17.5 Å². The molecule has 31 heavy (non-hydrogen) atoms. The van der Waals surface area contributed by atoms with Gasteiger partial charge in [-0.3, -0.25) is 14.4 Å². The number of benzene rings is 1. The Morgan fingerprint density at radius 1 is 1.23 bits per heavy atom. The summed E-state index contributed by atoms with van der Waals surface area (Å²) in [5.74, 6) is -0.568. The van der Waals surface area contributed by atoms with Crippen molar-refractivity contribution in [3.05, 3.63) is 48.5 Å². The Hall–Kier alpha value is -3.00. The van der Waals surface area contributed by atoms with Crippen LogP contribution in [0.3, 0.4) is 0 Å². The first-order valence-electron chi connectivity index (χ1n) is 10.5. The lowest BCUT2D eigenvalue weighted by atomic mass is 9.85. The van der Waals surface area contributed by atoms with Gasteiger partial charge in [0.05, 0.1) is 12.4 Å². The molecule has 1 aromatic carbocycles. The quantitative estimate of drug-likeness (QED) is 0.808. The van der Waals surface area contributed by atoms with Gasteiger partial charge < -0.3 is 19.5 Å². The van der Waals surface area contributed by atoms with Crippen molar-refractivity contribution in [3.63, 3.8) is 0 Å². The van der Waals surface area contributed by atoms with Crippen LogP contribution in [0.1, 0.15) is 38.1 Å². The highest BCUT2D eigenvalue weighted by Gasteiger charge is 2.52. The third-order valence-corrected chi connectivity index (χ3v) is 6.04. The maximum absolute atomic E-state index is 13.5. The summed E-state index contributed by atoms with van der Waals surface area (Å²) < 4.78 is 7.44. The van der Waals surface area contributed by atoms with E-state index in [2.05, 4.69) is 10.3 Å². The van der Waals surface area contributed by atoms with Crippen molar-refractivity contribution in [2.24, 2.45) is 11.3 Å². The zero-order chi connectivity index (χ0) is 22.3. The number of fused-ring (bicyclic) bond motifs is 1. The van der Waals surface area contributed by atoms with E-state index in [1.165, 1.54) is 0 Å². The Balaban J connectivity index is 1.53. The van der Waals surface area contributed by atoms with Crippen LogP contribution >= 0.6 is 0 Å². The monoisotopic (exact) mass is 424 g/mol. The van der Waals surface area contributed by atoms with E-state index in [0.29, 0.717) is 12.1 Å². The smallest absolute Gasteiger partial charge is 0.251 e. The molecule has 2 aliphatic rings. The van der Waals surface area contributed by atoms with Crippen LogP contribution < -0.4 is 5.32 Å². The van der Waals surface area contributed by atoms with Crippen molar-refractivity contribution in [1.29, 1.82) is 0 Å². The average molecular weight is 425 g/mol. The second-order valence-electron chi connectivity index (χ2n) is 9.44. The summed E-state index contributed by atoms with van der Waals surface area (Å²) in [6.45, 7) is 8.18. The van der Waals surface area contributed by atoms with E-state index in [1.54, 1.807) is 29.6 Å². The predicted octanol–water partition coefficient (Wildman–Crippen LogP) is 1.83. The second-order valence-corrected chi connectivity index (χ2v) is 9.44. The first kappa shape index (κ1) is 21.2. The number of carbonyl (C=O) groups excluding carboxylic acids is 3. The number of likely N-dealkylation sites (tertiary alicyclic amines) is 1. The molecule has 164 valence electrons. The van der Waals surface area contributed by atoms with E-state index in [4.69, 9.17) is 4.74 Å². The van der Waals surface area contributed by atoms with Crippen LogP contribution in [0, 0.1) is 11.3 Å². The van der Waals surface area contributed by atoms with Crippen LogP contribution in [0.25, 0.3) is 5.69 Å². The Morgan fingerprint density at radius 3 is 2.55 bits per heavy atom. The summed E-state index contributed by atoms with van der Waals surface area (Å²) in [5.41, 5.74) is 0.807. The molecule has 0 aliphatic carbocycles. The van der Waals surface area contributed by atoms with E-state index in [9.17, 15) is 14.4 Å². The van der Waals surface area contributed by atoms with Crippen molar-refractivity contribution < 1.29 is 19.1 Å². The number of ketones is 1. The number of rotatable bonds is 4. The zero-order valence-corrected chi connectivity index (χ0v) is 18.2. The molecular weight excluding hydrogens is 396 g/mol. The third-order valence-electron chi connectivity index (χ3n) is 6.04. The summed E-state index contributed by atoms with van der Waals surface area (Å²) >= 11 is 0. The predicted molar refractivity (Wildman–Crippen MR) is 114 cm³/mol. The molecular formula is C23H28N4O4. The Bertz CT molecular complexity index is 978. The molecule has 4 atom stereocenters. The molecule has 1 N–H and O–H groups in total. The number of nitrogens with zero attached hydrogens (tertiary/aromatic N) is 3. The van der Waals surface area contributed by atoms with Crippen LogP contribution in [0.15, 0.2) is 43.0 Å². The molecule has 2 fully saturated rings. The largest absolute Gasteiger partial charge is 0.367 e. The highest BCUT2D eigenvalue weighted by atomic mass is 16.5. The molecule has 2 aromatic rings. The van der Waals surface area contributed by atoms with Crippen LogP contribution in [0.5, 0.6) is 0 Å². The van der Waals surface area contributed by atoms with E-state index >= 15 is 0 Å². The highest BCUT2D eigenvalue weighted by molar-refractivity contribution is 5.99. The van der Waals surface area contributed by atoms with Gasteiger partial charge in [0.25, 0.3) is 5.91 Å². The maximum atomic E-state index is 13.5. The number of Topliss-reactive ketones (excluding diaryl/α,β-unsaturated/α-hetero) is 1. The van der Waals surface area contributed by atoms with Gasteiger partial charge in [-0.25, -0.2) is 4.98 Å². The van der Waals surface area contributed by atoms with Crippen LogP contribution in [0.2, 0.25) is 0 Å². The van der Waals surface area contributed by atoms with Gasteiger partial charge in [0.1, 0.15) is 18.7 Å². The minimum atomic E-state index is -0.771. The molecule has 8 heteroatoms. The fraction of sp³-hybridized carbons (Fsp3) is 0.478. The summed E-state index contributed by atoms with van der Waals surface area (Å²) in [6.07, 6.45) is 4.93. The van der Waals surface area contributed by atoms with E-state index in [0.717, 1.165) is 5.69 Å². The van der Waals surface area contributed by atoms with Gasteiger partial charge in [0, 0.05) is 36.1 Å². The van der Waals surface area contributed by atoms with Gasteiger partial charge in [-0.05, 0) is 29.7 Å². The number of hydrogen-bond acceptors (Lipinski definition) is 5. The number of aromatic nitrogens is 2. The van der Waals surface area contributed by atoms with E-state index in [1.807, 2.05) is 50.6 Å². The summed E-state index contributed by atoms with van der Waals surface area (Å²) in [5, 5.41) is 2.91. The van der Waals surface area contributed by atoms with Crippen LogP contribution in [-0.2, 0) is 14.3 Å². The number of ether oxygens (including phenoxy) is 1. The normalized spacial score (nSPS) is 24.2. The fourth-order valence-corrected chi connectivity index (χ4v) is 4.35. The molecule has 1 aromatic heterocycles. The first-order chi connectivity index (χ1) is 14.7. The zero-order valence-electron chi connectivity index (χ0n) is 18.2. The van der Waals surface area contributed by atoms with Gasteiger partial charge in [0.2, 0.25) is 5.91 Å². The summed E-state index contributed by atoms with van der Waals surface area (Å²) in [7, 11) is 0. The lowest BCUT2D eigenvalue weighted by Gasteiger charge is -2.35. The fourth-order valence-electron chi connectivity index (χ4n) is 4.35. The van der Waals surface area contributed by atoms with Crippen LogP contribution in [-0.4, -0.2) is 63.4 Å². The van der Waals surface area contributed by atoms with Gasteiger partial charge in [0.15, 0.2) is 5.78 Å². The molecule has 8 nitrogen and oxygen atoms in total. The van der Waals surface area contributed by atoms with Crippen molar-refractivity contribution >= 4 is 17.6 Å². The standard InChI is InChI=1S/C23H28N4O4/c1-14-11-27(18-17(28)12-31-19(14)18)22(30)20(23(2,3)4)25-21(29)15-5-7-16(8-6-15)26-10-9-24-13-26/h5-10,13-14,18-20H,11-12H2,1-4H3,(H,25,29)/t14-,18+,19+,20+/m0/s1. The molecule has 2 amide bonds. The third kappa shape index (κ3) is 3.99. The average Bonchev–Trinajstić information content (AvgIpc) is 3.45. The number of nitrogens with one attached hydrogen (secondary N) is 1. The molecule has 0 unspecified atom stereocenters. The van der Waals surface area contributed by atoms with Crippen molar-refractivity contribution in [2.75, 3.05) is 13.2 Å². The molecule has 4 rings (SSSR count). The minimum Gasteiger partial charge on any atom is -0.367 e. The summed E-state index contributed by atoms with van der Waals surface area (Å²) in [4.78, 5) is 44.4. The maximum Gasteiger partial charge on any atom is 0.251 e. The first-order valence-corrected chi connectivity index (χ1v) is 10.5. The number of carbonyl (C=O) groups is 3. The molecule has 0 bridgehead atoms. The van der Waals surface area contributed by atoms with Crippen LogP contribution in [0.4, 0.5) is 0 Å². The lowest BCUT2D eigenvalue weighted by molar-refractivity contribution is -0.140. The van der Waals surface area contributed by atoms with Gasteiger partial charge in [-0.2, -0.15) is 0 Å². The Kier molecular flexibility index (Phi) is 5.43. The molecule has 2 saturated heterocycles. The number of hydrogen-bond donors (Lipinski definition) is 1. The molecule has 3 heterocycles. The van der Waals surface area contributed by atoms with E-state index in [-0.39, 0.29) is 36.2 Å². The van der Waals surface area contributed by atoms with Gasteiger partial charge >= 0.3 is 0 Å². The van der Waals surface area contributed by atoms with Gasteiger partial charge in [-0.1, -0.05) is 27.7 Å². The minimum absolute atomic E-state index is 0.0409. The van der Waals surface area contributed by atoms with Gasteiger partial charge in [-0.15, -0.1) is 0 Å². The number of imidazole rings is 1. The van der Waals surface area contributed by atoms with Crippen molar-refractivity contribution in [3.8, 4) is 5.69 Å². The SMILES string of the molecule is C[C@H]1CN(C(=O)[C@@H](NC(=O)c2ccc(-n3ccnc3)cc2)C(C)(C)C)[C@@H]2C(=O)CO[C@@H]21. The lowest BCUT2D eigenvalue weighted by Crippen LogP contribution is -2.57. The molecule has 0 saturated carbocycles. The number of amides is 2. The van der Waals surface area contributed by atoms with Crippen molar-refractivity contribution in [2.45, 2.75) is 45.9 Å². The van der Waals surface area contributed by atoms with Crippen molar-refractivity contribution in [1.82, 2.24) is 19.8 Å². The second kappa shape index (κ2) is 7.92. The Morgan fingerprint density at radius 2 is 1.94 bits per heavy atom.